The number of fused-ring (bicyclic) bond motifs is 1. The van der Waals surface area contributed by atoms with Crippen molar-refractivity contribution in [1.82, 2.24) is 4.90 Å². The number of carbonyl (C=O) groups excluding carboxylic acids is 2. The summed E-state index contributed by atoms with van der Waals surface area (Å²) in [5.41, 5.74) is 3.69. The Balaban J connectivity index is 1.24. The Morgan fingerprint density at radius 3 is 2.39 bits per heavy atom. The zero-order valence-corrected chi connectivity index (χ0v) is 19.2. The number of benzene rings is 3. The van der Waals surface area contributed by atoms with E-state index in [0.29, 0.717) is 22.1 Å². The third-order valence-corrected chi connectivity index (χ3v) is 7.38. The van der Waals surface area contributed by atoms with Crippen LogP contribution in [0.3, 0.4) is 0 Å². The van der Waals surface area contributed by atoms with Gasteiger partial charge in [0.25, 0.3) is 11.8 Å². The van der Waals surface area contributed by atoms with Crippen molar-refractivity contribution in [3.8, 4) is 0 Å². The lowest BCUT2D eigenvalue weighted by Crippen LogP contribution is -2.39. The van der Waals surface area contributed by atoms with E-state index in [0.717, 1.165) is 42.8 Å². The molecule has 0 atom stereocenters. The van der Waals surface area contributed by atoms with Gasteiger partial charge in [0.05, 0.1) is 10.6 Å². The van der Waals surface area contributed by atoms with E-state index in [1.807, 2.05) is 65.6 Å². The van der Waals surface area contributed by atoms with Gasteiger partial charge in [-0.3, -0.25) is 9.59 Å². The second kappa shape index (κ2) is 9.67. The van der Waals surface area contributed by atoms with E-state index in [1.54, 1.807) is 0 Å². The lowest BCUT2D eigenvalue weighted by molar-refractivity contribution is -0.112. The number of piperidine rings is 1. The van der Waals surface area contributed by atoms with Gasteiger partial charge in [-0.1, -0.05) is 72.4 Å². The van der Waals surface area contributed by atoms with Gasteiger partial charge >= 0.3 is 0 Å². The van der Waals surface area contributed by atoms with Crippen LogP contribution in [0.1, 0.15) is 34.3 Å². The van der Waals surface area contributed by atoms with Crippen molar-refractivity contribution in [1.29, 1.82) is 0 Å². The molecule has 166 valence electrons. The van der Waals surface area contributed by atoms with Crippen LogP contribution < -0.4 is 5.32 Å². The van der Waals surface area contributed by atoms with Crippen molar-refractivity contribution in [2.75, 3.05) is 18.4 Å². The highest BCUT2D eigenvalue weighted by molar-refractivity contribution is 8.04. The summed E-state index contributed by atoms with van der Waals surface area (Å²) >= 11 is 1.44. The second-order valence-corrected chi connectivity index (χ2v) is 9.70. The van der Waals surface area contributed by atoms with Crippen molar-refractivity contribution in [2.45, 2.75) is 24.2 Å². The van der Waals surface area contributed by atoms with Gasteiger partial charge in [-0.2, -0.15) is 0 Å². The minimum atomic E-state index is -0.136. The number of amides is 2. The molecule has 0 saturated carbocycles. The van der Waals surface area contributed by atoms with E-state index in [1.165, 1.54) is 17.3 Å². The van der Waals surface area contributed by atoms with Crippen molar-refractivity contribution >= 4 is 35.3 Å². The monoisotopic (exact) mass is 454 g/mol. The summed E-state index contributed by atoms with van der Waals surface area (Å²) in [6.45, 7) is 1.55. The molecule has 33 heavy (non-hydrogen) atoms. The van der Waals surface area contributed by atoms with Crippen molar-refractivity contribution in [2.24, 2.45) is 5.92 Å². The maximum absolute atomic E-state index is 13.1. The molecule has 0 aromatic heterocycles. The number of rotatable bonds is 4. The molecular formula is C28H26N2O2S. The van der Waals surface area contributed by atoms with Crippen LogP contribution in [0.15, 0.2) is 88.7 Å². The van der Waals surface area contributed by atoms with Crippen LogP contribution in [0.4, 0.5) is 5.69 Å². The lowest BCUT2D eigenvalue weighted by atomic mass is 9.90. The zero-order chi connectivity index (χ0) is 22.6. The lowest BCUT2D eigenvalue weighted by Gasteiger charge is -2.32. The van der Waals surface area contributed by atoms with Crippen LogP contribution in [-0.2, 0) is 11.2 Å². The Morgan fingerprint density at radius 2 is 1.67 bits per heavy atom. The summed E-state index contributed by atoms with van der Waals surface area (Å²) in [6.07, 6.45) is 5.00. The fraction of sp³-hybridized carbons (Fsp3) is 0.214. The van der Waals surface area contributed by atoms with Crippen LogP contribution >= 0.6 is 11.8 Å². The highest BCUT2D eigenvalue weighted by Crippen LogP contribution is 2.39. The van der Waals surface area contributed by atoms with Crippen LogP contribution in [0.2, 0.25) is 0 Å². The number of carbonyl (C=O) groups is 2. The SMILES string of the molecule is O=C1Nc2cc(C(=O)N3CCC(Cc4ccccc4)CC3)ccc2SC1=Cc1ccccc1. The summed E-state index contributed by atoms with van der Waals surface area (Å²) in [5.74, 6) is 0.522. The van der Waals surface area contributed by atoms with E-state index < -0.39 is 0 Å². The third kappa shape index (κ3) is 5.04. The molecule has 5 rings (SSSR count). The highest BCUT2D eigenvalue weighted by atomic mass is 32.2. The summed E-state index contributed by atoms with van der Waals surface area (Å²) in [7, 11) is 0. The average Bonchev–Trinajstić information content (AvgIpc) is 2.85. The second-order valence-electron chi connectivity index (χ2n) is 8.61. The fourth-order valence-corrected chi connectivity index (χ4v) is 5.40. The maximum atomic E-state index is 13.1. The molecule has 1 fully saturated rings. The number of hydrogen-bond donors (Lipinski definition) is 1. The Labute approximate surface area is 198 Å². The quantitative estimate of drug-likeness (QED) is 0.502. The maximum Gasteiger partial charge on any atom is 0.262 e. The van der Waals surface area contributed by atoms with Gasteiger partial charge < -0.3 is 10.2 Å². The topological polar surface area (TPSA) is 49.4 Å². The van der Waals surface area contributed by atoms with Crippen molar-refractivity contribution in [3.63, 3.8) is 0 Å². The van der Waals surface area contributed by atoms with Crippen LogP contribution in [0.25, 0.3) is 6.08 Å². The highest BCUT2D eigenvalue weighted by Gasteiger charge is 2.26. The zero-order valence-electron chi connectivity index (χ0n) is 18.4. The molecule has 1 N–H and O–H groups in total. The van der Waals surface area contributed by atoms with Crippen LogP contribution in [-0.4, -0.2) is 29.8 Å². The third-order valence-electron chi connectivity index (χ3n) is 6.28. The van der Waals surface area contributed by atoms with Gasteiger partial charge in [0.15, 0.2) is 0 Å². The van der Waals surface area contributed by atoms with Crippen molar-refractivity contribution < 1.29 is 9.59 Å². The molecule has 0 radical (unpaired) electrons. The molecule has 3 aromatic carbocycles. The van der Waals surface area contributed by atoms with Crippen LogP contribution in [0, 0.1) is 5.92 Å². The van der Waals surface area contributed by atoms with Crippen molar-refractivity contribution in [3.05, 3.63) is 100 Å². The first-order valence-corrected chi connectivity index (χ1v) is 12.2. The first kappa shape index (κ1) is 21.5. The number of thioether (sulfide) groups is 1. The van der Waals surface area contributed by atoms with Gasteiger partial charge in [0.2, 0.25) is 0 Å². The molecule has 2 aliphatic heterocycles. The average molecular weight is 455 g/mol. The van der Waals surface area contributed by atoms with Gasteiger partial charge in [-0.15, -0.1) is 0 Å². The number of anilines is 1. The number of nitrogens with one attached hydrogen (secondary N) is 1. The van der Waals surface area contributed by atoms with E-state index in [4.69, 9.17) is 0 Å². The van der Waals surface area contributed by atoms with E-state index >= 15 is 0 Å². The first-order valence-electron chi connectivity index (χ1n) is 11.4. The van der Waals surface area contributed by atoms with E-state index in [2.05, 4.69) is 29.6 Å². The smallest absolute Gasteiger partial charge is 0.262 e. The Morgan fingerprint density at radius 1 is 0.970 bits per heavy atom. The Kier molecular flexibility index (Phi) is 6.31. The number of nitrogens with zero attached hydrogens (tertiary/aromatic N) is 1. The molecule has 2 amide bonds. The number of likely N-dealkylation sites (tertiary alicyclic amines) is 1. The molecule has 4 nitrogen and oxygen atoms in total. The van der Waals surface area contributed by atoms with E-state index in [9.17, 15) is 9.59 Å². The standard InChI is InChI=1S/C28H26N2O2S/c31-27-26(18-21-9-5-2-6-10-21)33-25-12-11-23(19-24(25)29-27)28(32)30-15-13-22(14-16-30)17-20-7-3-1-4-8-20/h1-12,18-19,22H,13-17H2,(H,29,31). The minimum Gasteiger partial charge on any atom is -0.339 e. The molecule has 0 unspecified atom stereocenters. The number of hydrogen-bond acceptors (Lipinski definition) is 3. The molecule has 1 saturated heterocycles. The van der Waals surface area contributed by atoms with E-state index in [-0.39, 0.29) is 11.8 Å². The summed E-state index contributed by atoms with van der Waals surface area (Å²) in [6, 6.07) is 26.0. The Hall–Kier alpha value is -3.31. The molecule has 0 aliphatic carbocycles. The Bertz CT molecular complexity index is 1180. The molecule has 2 aliphatic rings. The van der Waals surface area contributed by atoms with Crippen LogP contribution in [0.5, 0.6) is 0 Å². The predicted octanol–water partition coefficient (Wildman–Crippen LogP) is 5.87. The summed E-state index contributed by atoms with van der Waals surface area (Å²) < 4.78 is 0. The summed E-state index contributed by atoms with van der Waals surface area (Å²) in [4.78, 5) is 29.3. The molecule has 5 heteroatoms. The van der Waals surface area contributed by atoms with Gasteiger partial charge in [0.1, 0.15) is 0 Å². The molecule has 2 heterocycles. The molecular weight excluding hydrogens is 428 g/mol. The minimum absolute atomic E-state index is 0.0424. The fourth-order valence-electron chi connectivity index (χ4n) is 4.46. The first-order chi connectivity index (χ1) is 16.2. The molecule has 0 bridgehead atoms. The molecule has 3 aromatic rings. The molecule has 0 spiro atoms. The van der Waals surface area contributed by atoms with Gasteiger partial charge in [-0.05, 0) is 60.6 Å². The van der Waals surface area contributed by atoms with Gasteiger partial charge in [-0.25, -0.2) is 0 Å². The largest absolute Gasteiger partial charge is 0.339 e. The van der Waals surface area contributed by atoms with Gasteiger partial charge in [0, 0.05) is 23.5 Å². The normalized spacial score (nSPS) is 17.5. The summed E-state index contributed by atoms with van der Waals surface area (Å²) in [5, 5.41) is 2.96. The predicted molar refractivity (Wildman–Crippen MR) is 134 cm³/mol.